The Hall–Kier alpha value is -0.670. The second-order valence-corrected chi connectivity index (χ2v) is 5.64. The normalized spacial score (nSPS) is 14.9. The van der Waals surface area contributed by atoms with Crippen LogP contribution in [0.4, 0.5) is 0 Å². The van der Waals surface area contributed by atoms with Crippen molar-refractivity contribution in [2.45, 2.75) is 26.8 Å². The summed E-state index contributed by atoms with van der Waals surface area (Å²) in [6.45, 7) is 6.07. The number of hydrogen-bond acceptors (Lipinski definition) is 2. The maximum absolute atomic E-state index is 11.4. The minimum Gasteiger partial charge on any atom is -0.323 e. The molecule has 0 aromatic heterocycles. The molecule has 0 saturated heterocycles. The Labute approximate surface area is 94.3 Å². The van der Waals surface area contributed by atoms with Gasteiger partial charge in [-0.1, -0.05) is 25.1 Å². The van der Waals surface area contributed by atoms with Crippen LogP contribution in [0.1, 0.15) is 29.7 Å². The van der Waals surface area contributed by atoms with Gasteiger partial charge in [0, 0.05) is 28.3 Å². The van der Waals surface area contributed by atoms with E-state index in [2.05, 4.69) is 26.0 Å². The van der Waals surface area contributed by atoms with E-state index in [1.807, 2.05) is 13.0 Å². The Balaban J connectivity index is 2.78. The van der Waals surface area contributed by atoms with Crippen LogP contribution in [0.3, 0.4) is 0 Å². The average molecular weight is 225 g/mol. The van der Waals surface area contributed by atoms with Crippen molar-refractivity contribution in [3.8, 4) is 0 Å². The minimum absolute atomic E-state index is 0.106. The Morgan fingerprint density at radius 3 is 2.53 bits per heavy atom. The molecule has 0 aliphatic heterocycles. The highest BCUT2D eigenvalue weighted by Crippen LogP contribution is 2.16. The number of benzene rings is 1. The summed E-state index contributed by atoms with van der Waals surface area (Å²) in [5.41, 5.74) is 9.59. The predicted octanol–water partition coefficient (Wildman–Crippen LogP) is 2.07. The first-order valence-electron chi connectivity index (χ1n) is 5.22. The summed E-state index contributed by atoms with van der Waals surface area (Å²) < 4.78 is 11.4. The van der Waals surface area contributed by atoms with E-state index < -0.39 is 10.8 Å². The zero-order valence-corrected chi connectivity index (χ0v) is 10.4. The van der Waals surface area contributed by atoms with Crippen molar-refractivity contribution in [2.24, 2.45) is 5.73 Å². The fraction of sp³-hybridized carbons (Fsp3) is 0.500. The number of hydrogen-bond donors (Lipinski definition) is 1. The van der Waals surface area contributed by atoms with Crippen molar-refractivity contribution in [1.29, 1.82) is 0 Å². The fourth-order valence-electron chi connectivity index (χ4n) is 1.41. The lowest BCUT2D eigenvalue weighted by Gasteiger charge is -2.12. The Morgan fingerprint density at radius 2 is 2.00 bits per heavy atom. The topological polar surface area (TPSA) is 43.1 Å². The van der Waals surface area contributed by atoms with Gasteiger partial charge in [0.25, 0.3) is 0 Å². The lowest BCUT2D eigenvalue weighted by molar-refractivity contribution is 0.676. The molecule has 0 spiro atoms. The first kappa shape index (κ1) is 12.4. The van der Waals surface area contributed by atoms with Crippen molar-refractivity contribution < 1.29 is 4.21 Å². The molecule has 0 saturated carbocycles. The van der Waals surface area contributed by atoms with Crippen LogP contribution in [0.15, 0.2) is 18.2 Å². The molecule has 0 heterocycles. The zero-order valence-electron chi connectivity index (χ0n) is 9.62. The molecule has 0 fully saturated rings. The van der Waals surface area contributed by atoms with Gasteiger partial charge in [-0.3, -0.25) is 4.21 Å². The fourth-order valence-corrected chi connectivity index (χ4v) is 2.24. The van der Waals surface area contributed by atoms with E-state index in [0.29, 0.717) is 11.5 Å². The lowest BCUT2D eigenvalue weighted by Crippen LogP contribution is -2.19. The van der Waals surface area contributed by atoms with Crippen molar-refractivity contribution >= 4 is 10.8 Å². The Morgan fingerprint density at radius 1 is 1.33 bits per heavy atom. The molecule has 3 heteroatoms. The molecule has 2 N–H and O–H groups in total. The number of rotatable bonds is 4. The van der Waals surface area contributed by atoms with E-state index in [0.717, 1.165) is 5.56 Å². The molecule has 0 radical (unpaired) electrons. The van der Waals surface area contributed by atoms with Gasteiger partial charge in [-0.05, 0) is 30.5 Å². The van der Waals surface area contributed by atoms with Crippen LogP contribution >= 0.6 is 0 Å². The summed E-state index contributed by atoms with van der Waals surface area (Å²) in [6, 6.07) is 6.08. The van der Waals surface area contributed by atoms with Crippen molar-refractivity contribution in [3.63, 3.8) is 0 Å². The van der Waals surface area contributed by atoms with Gasteiger partial charge in [-0.25, -0.2) is 0 Å². The third-order valence-corrected chi connectivity index (χ3v) is 4.02. The Kier molecular flexibility index (Phi) is 4.48. The predicted molar refractivity (Wildman–Crippen MR) is 66.4 cm³/mol. The van der Waals surface area contributed by atoms with E-state index in [9.17, 15) is 4.21 Å². The van der Waals surface area contributed by atoms with E-state index in [1.165, 1.54) is 11.1 Å². The van der Waals surface area contributed by atoms with Crippen LogP contribution in [0.5, 0.6) is 0 Å². The lowest BCUT2D eigenvalue weighted by atomic mass is 10.0. The van der Waals surface area contributed by atoms with Crippen LogP contribution in [-0.4, -0.2) is 15.7 Å². The molecule has 0 aliphatic rings. The van der Waals surface area contributed by atoms with E-state index in [4.69, 9.17) is 5.73 Å². The number of nitrogens with two attached hydrogens (primary N) is 1. The van der Waals surface area contributed by atoms with Gasteiger partial charge in [0.05, 0.1) is 0 Å². The molecule has 0 aliphatic carbocycles. The zero-order chi connectivity index (χ0) is 11.4. The molecule has 1 aromatic rings. The largest absolute Gasteiger partial charge is 0.323 e. The molecule has 2 nitrogen and oxygen atoms in total. The smallest absolute Gasteiger partial charge is 0.0428 e. The molecule has 2 atom stereocenters. The van der Waals surface area contributed by atoms with Crippen LogP contribution < -0.4 is 5.73 Å². The van der Waals surface area contributed by atoms with Crippen molar-refractivity contribution in [1.82, 2.24) is 0 Å². The second-order valence-electron chi connectivity index (χ2n) is 3.85. The van der Waals surface area contributed by atoms with Crippen molar-refractivity contribution in [2.75, 3.05) is 11.5 Å². The highest BCUT2D eigenvalue weighted by Gasteiger charge is 2.09. The quantitative estimate of drug-likeness (QED) is 0.852. The first-order chi connectivity index (χ1) is 7.04. The summed E-state index contributed by atoms with van der Waals surface area (Å²) in [5, 5.41) is 0. The van der Waals surface area contributed by atoms with Gasteiger partial charge in [0.2, 0.25) is 0 Å². The van der Waals surface area contributed by atoms with Gasteiger partial charge in [-0.2, -0.15) is 0 Å². The maximum atomic E-state index is 11.4. The van der Waals surface area contributed by atoms with Gasteiger partial charge in [0.15, 0.2) is 0 Å². The van der Waals surface area contributed by atoms with Crippen molar-refractivity contribution in [3.05, 3.63) is 34.9 Å². The monoisotopic (exact) mass is 225 g/mol. The maximum Gasteiger partial charge on any atom is 0.0428 e. The molecule has 0 amide bonds. The van der Waals surface area contributed by atoms with Gasteiger partial charge in [0.1, 0.15) is 0 Å². The first-order valence-corrected chi connectivity index (χ1v) is 6.71. The SMILES string of the molecule is CCS(=O)CC(N)c1ccc(C)c(C)c1. The molecule has 84 valence electrons. The standard InChI is InChI=1S/C12H19NOS/c1-4-15(14)8-12(13)11-6-5-9(2)10(3)7-11/h5-7,12H,4,8,13H2,1-3H3. The van der Waals surface area contributed by atoms with Gasteiger partial charge < -0.3 is 5.73 Å². The van der Waals surface area contributed by atoms with Gasteiger partial charge in [-0.15, -0.1) is 0 Å². The third-order valence-electron chi connectivity index (χ3n) is 2.65. The summed E-state index contributed by atoms with van der Waals surface area (Å²) in [4.78, 5) is 0. The highest BCUT2D eigenvalue weighted by molar-refractivity contribution is 7.84. The second kappa shape index (κ2) is 5.42. The van der Waals surface area contributed by atoms with Gasteiger partial charge >= 0.3 is 0 Å². The van der Waals surface area contributed by atoms with E-state index in [1.54, 1.807) is 0 Å². The average Bonchev–Trinajstić information content (AvgIpc) is 2.21. The summed E-state index contributed by atoms with van der Waals surface area (Å²) in [5.74, 6) is 1.23. The van der Waals surface area contributed by atoms with E-state index >= 15 is 0 Å². The summed E-state index contributed by atoms with van der Waals surface area (Å²) in [7, 11) is -0.795. The van der Waals surface area contributed by atoms with Crippen LogP contribution in [-0.2, 0) is 10.8 Å². The minimum atomic E-state index is -0.795. The van der Waals surface area contributed by atoms with Crippen LogP contribution in [0.25, 0.3) is 0 Å². The van der Waals surface area contributed by atoms with Crippen LogP contribution in [0.2, 0.25) is 0 Å². The molecular formula is C12H19NOS. The number of aryl methyl sites for hydroxylation is 2. The molecule has 2 unspecified atom stereocenters. The van der Waals surface area contributed by atoms with E-state index in [-0.39, 0.29) is 6.04 Å². The molecule has 15 heavy (non-hydrogen) atoms. The highest BCUT2D eigenvalue weighted by atomic mass is 32.2. The molecular weight excluding hydrogens is 206 g/mol. The Bertz CT molecular complexity index is 363. The third kappa shape index (κ3) is 3.43. The summed E-state index contributed by atoms with van der Waals surface area (Å²) in [6.07, 6.45) is 0. The summed E-state index contributed by atoms with van der Waals surface area (Å²) >= 11 is 0. The molecule has 1 aromatic carbocycles. The molecule has 1 rings (SSSR count). The molecule has 0 bridgehead atoms. The van der Waals surface area contributed by atoms with Crippen LogP contribution in [0, 0.1) is 13.8 Å².